The van der Waals surface area contributed by atoms with Crippen molar-refractivity contribution in [1.82, 2.24) is 9.88 Å². The Morgan fingerprint density at radius 2 is 1.83 bits per heavy atom. The monoisotopic (exact) mass is 485 g/mol. The van der Waals surface area contributed by atoms with Gasteiger partial charge in [0.05, 0.1) is 12.2 Å². The van der Waals surface area contributed by atoms with Gasteiger partial charge in [0.2, 0.25) is 0 Å². The molecule has 3 heterocycles. The second kappa shape index (κ2) is 10.7. The number of carboxylic acid groups (broad SMARTS) is 1. The van der Waals surface area contributed by atoms with Crippen molar-refractivity contribution < 1.29 is 14.6 Å². The van der Waals surface area contributed by atoms with Crippen LogP contribution >= 0.6 is 0 Å². The maximum Gasteiger partial charge on any atom is 0.336 e. The maximum atomic E-state index is 11.5. The van der Waals surface area contributed by atoms with Gasteiger partial charge in [-0.15, -0.1) is 0 Å². The molecule has 0 saturated carbocycles. The zero-order chi connectivity index (χ0) is 25.1. The first-order chi connectivity index (χ1) is 17.5. The Balaban J connectivity index is 1.27. The van der Waals surface area contributed by atoms with Gasteiger partial charge >= 0.3 is 5.97 Å². The minimum atomic E-state index is -0.896. The minimum Gasteiger partial charge on any atom is -0.493 e. The fourth-order valence-electron chi connectivity index (χ4n) is 5.59. The molecule has 1 fully saturated rings. The van der Waals surface area contributed by atoms with Crippen LogP contribution in [0.25, 0.3) is 0 Å². The first-order valence-electron chi connectivity index (χ1n) is 12.9. The predicted molar refractivity (Wildman–Crippen MR) is 143 cm³/mol. The van der Waals surface area contributed by atoms with Gasteiger partial charge in [0, 0.05) is 36.9 Å². The fraction of sp³-hybridized carbons (Fsp3) is 0.400. The second-order valence-electron chi connectivity index (χ2n) is 10.2. The molecule has 1 aromatic heterocycles. The number of nitrogens with zero attached hydrogens (tertiary/aromatic N) is 3. The number of aromatic carboxylic acids is 1. The van der Waals surface area contributed by atoms with Crippen molar-refractivity contribution in [2.24, 2.45) is 0 Å². The van der Waals surface area contributed by atoms with Gasteiger partial charge in [-0.1, -0.05) is 18.2 Å². The topological polar surface area (TPSA) is 65.9 Å². The summed E-state index contributed by atoms with van der Waals surface area (Å²) < 4.78 is 6.06. The lowest BCUT2D eigenvalue weighted by atomic mass is 9.87. The van der Waals surface area contributed by atoms with E-state index in [-0.39, 0.29) is 0 Å². The molecule has 2 aliphatic heterocycles. The first-order valence-corrected chi connectivity index (χ1v) is 12.9. The highest BCUT2D eigenvalue weighted by molar-refractivity contribution is 5.89. The van der Waals surface area contributed by atoms with Crippen molar-refractivity contribution in [2.75, 3.05) is 38.7 Å². The molecule has 0 aliphatic carbocycles. The van der Waals surface area contributed by atoms with E-state index in [0.29, 0.717) is 30.4 Å². The molecule has 0 spiro atoms. The molecule has 2 aromatic carbocycles. The van der Waals surface area contributed by atoms with E-state index in [0.717, 1.165) is 35.5 Å². The molecule has 6 heteroatoms. The van der Waals surface area contributed by atoms with Gasteiger partial charge < -0.3 is 19.6 Å². The largest absolute Gasteiger partial charge is 0.493 e. The van der Waals surface area contributed by atoms with Gasteiger partial charge in [0.1, 0.15) is 5.75 Å². The number of hydrogen-bond acceptors (Lipinski definition) is 5. The van der Waals surface area contributed by atoms with E-state index in [4.69, 9.17) is 4.74 Å². The molecular formula is C30H35N3O3. The van der Waals surface area contributed by atoms with Gasteiger partial charge in [0.15, 0.2) is 0 Å². The van der Waals surface area contributed by atoms with Crippen LogP contribution in [0.5, 0.6) is 5.75 Å². The van der Waals surface area contributed by atoms with Gasteiger partial charge in [-0.2, -0.15) is 0 Å². The summed E-state index contributed by atoms with van der Waals surface area (Å²) in [4.78, 5) is 20.3. The number of benzene rings is 2. The molecule has 36 heavy (non-hydrogen) atoms. The smallest absolute Gasteiger partial charge is 0.336 e. The summed E-state index contributed by atoms with van der Waals surface area (Å²) in [6, 6.07) is 17.1. The van der Waals surface area contributed by atoms with E-state index < -0.39 is 5.97 Å². The number of anilines is 2. The Labute approximate surface area is 213 Å². The number of piperidine rings is 1. The standard InChI is InChI=1S/C30H35N3O3/c1-32-16-12-22(13-17-32)21-5-7-25(8-6-21)33(2)26-9-10-27-23(14-18-36-29(27)19-26)3-4-24-20-31-15-11-28(24)30(34)35/h5-11,15,19-20,22-23H,3-4,12-14,16-18H2,1-2H3,(H,34,35)/t23-/m1/s1. The fourth-order valence-corrected chi connectivity index (χ4v) is 5.59. The highest BCUT2D eigenvalue weighted by Crippen LogP contribution is 2.40. The summed E-state index contributed by atoms with van der Waals surface area (Å²) in [5.41, 5.74) is 6.04. The van der Waals surface area contributed by atoms with Crippen LogP contribution in [0, 0.1) is 0 Å². The van der Waals surface area contributed by atoms with Crippen molar-refractivity contribution in [2.45, 2.75) is 43.9 Å². The van der Waals surface area contributed by atoms with Crippen LogP contribution in [0.1, 0.15) is 64.6 Å². The van der Waals surface area contributed by atoms with Gasteiger partial charge in [-0.3, -0.25) is 4.98 Å². The number of pyridine rings is 1. The SMILES string of the molecule is CN1CCC(c2ccc(N(C)c3ccc4c(c3)OCC[C@H]4CCc3cnccc3C(=O)O)cc2)CC1. The third-order valence-corrected chi connectivity index (χ3v) is 7.91. The van der Waals surface area contributed by atoms with Crippen molar-refractivity contribution in [1.29, 1.82) is 0 Å². The van der Waals surface area contributed by atoms with Crippen LogP contribution in [0.2, 0.25) is 0 Å². The highest BCUT2D eigenvalue weighted by Gasteiger charge is 2.24. The van der Waals surface area contributed by atoms with Crippen molar-refractivity contribution in [3.05, 3.63) is 83.2 Å². The normalized spacial score (nSPS) is 18.3. The second-order valence-corrected chi connectivity index (χ2v) is 10.2. The van der Waals surface area contributed by atoms with Crippen molar-refractivity contribution in [3.8, 4) is 5.75 Å². The zero-order valence-corrected chi connectivity index (χ0v) is 21.2. The molecule has 0 radical (unpaired) electrons. The Kier molecular flexibility index (Phi) is 7.23. The van der Waals surface area contributed by atoms with Gasteiger partial charge in [-0.05, 0) is 105 Å². The number of carbonyl (C=O) groups is 1. The van der Waals surface area contributed by atoms with Gasteiger partial charge in [0.25, 0.3) is 0 Å². The number of carboxylic acids is 1. The average Bonchev–Trinajstić information content (AvgIpc) is 2.91. The first kappa shape index (κ1) is 24.3. The van der Waals surface area contributed by atoms with Crippen LogP contribution in [-0.4, -0.2) is 54.8 Å². The number of rotatable bonds is 7. The number of hydrogen-bond donors (Lipinski definition) is 1. The lowest BCUT2D eigenvalue weighted by Gasteiger charge is -2.30. The molecular weight excluding hydrogens is 450 g/mol. The molecule has 0 unspecified atom stereocenters. The molecule has 5 rings (SSSR count). The van der Waals surface area contributed by atoms with Crippen LogP contribution < -0.4 is 9.64 Å². The summed E-state index contributed by atoms with van der Waals surface area (Å²) in [5, 5.41) is 9.47. The van der Waals surface area contributed by atoms with Crippen LogP contribution in [0.4, 0.5) is 11.4 Å². The molecule has 0 amide bonds. The van der Waals surface area contributed by atoms with Crippen LogP contribution in [-0.2, 0) is 6.42 Å². The van der Waals surface area contributed by atoms with Crippen molar-refractivity contribution >= 4 is 17.3 Å². The number of likely N-dealkylation sites (tertiary alicyclic amines) is 1. The quantitative estimate of drug-likeness (QED) is 0.452. The Morgan fingerprint density at radius 3 is 2.58 bits per heavy atom. The summed E-state index contributed by atoms with van der Waals surface area (Å²) in [7, 11) is 4.30. The van der Waals surface area contributed by atoms with E-state index in [2.05, 4.69) is 71.3 Å². The maximum absolute atomic E-state index is 11.5. The zero-order valence-electron chi connectivity index (χ0n) is 21.2. The Morgan fingerprint density at radius 1 is 1.08 bits per heavy atom. The number of aryl methyl sites for hydroxylation is 1. The van der Waals surface area contributed by atoms with E-state index >= 15 is 0 Å². The van der Waals surface area contributed by atoms with Crippen LogP contribution in [0.3, 0.4) is 0 Å². The van der Waals surface area contributed by atoms with Crippen molar-refractivity contribution in [3.63, 3.8) is 0 Å². The Bertz CT molecular complexity index is 1200. The number of ether oxygens (including phenoxy) is 1. The van der Waals surface area contributed by atoms with E-state index in [1.807, 2.05) is 0 Å². The summed E-state index contributed by atoms with van der Waals surface area (Å²) in [5.74, 6) is 1.03. The molecule has 2 aliphatic rings. The number of fused-ring (bicyclic) bond motifs is 1. The third-order valence-electron chi connectivity index (χ3n) is 7.91. The van der Waals surface area contributed by atoms with E-state index in [1.54, 1.807) is 12.3 Å². The number of aromatic nitrogens is 1. The van der Waals surface area contributed by atoms with Crippen LogP contribution in [0.15, 0.2) is 60.9 Å². The van der Waals surface area contributed by atoms with Gasteiger partial charge in [-0.25, -0.2) is 4.79 Å². The minimum absolute atomic E-state index is 0.337. The summed E-state index contributed by atoms with van der Waals surface area (Å²) in [6.45, 7) is 3.02. The lowest BCUT2D eigenvalue weighted by molar-refractivity contribution is 0.0695. The summed E-state index contributed by atoms with van der Waals surface area (Å²) in [6.07, 6.45) is 8.17. The summed E-state index contributed by atoms with van der Waals surface area (Å²) >= 11 is 0. The third kappa shape index (κ3) is 5.24. The average molecular weight is 486 g/mol. The lowest BCUT2D eigenvalue weighted by Crippen LogP contribution is -2.29. The van der Waals surface area contributed by atoms with E-state index in [1.165, 1.54) is 43.3 Å². The Hall–Kier alpha value is -3.38. The predicted octanol–water partition coefficient (Wildman–Crippen LogP) is 5.86. The molecule has 1 atom stereocenters. The molecule has 0 bridgehead atoms. The molecule has 3 aromatic rings. The molecule has 6 nitrogen and oxygen atoms in total. The molecule has 1 saturated heterocycles. The molecule has 1 N–H and O–H groups in total. The highest BCUT2D eigenvalue weighted by atomic mass is 16.5. The van der Waals surface area contributed by atoms with E-state index in [9.17, 15) is 9.90 Å². The molecule has 188 valence electrons.